The van der Waals surface area contributed by atoms with Gasteiger partial charge in [-0.25, -0.2) is 0 Å². The molecule has 2 aliphatic rings. The van der Waals surface area contributed by atoms with Gasteiger partial charge in [0.05, 0.1) is 6.61 Å². The first-order chi connectivity index (χ1) is 5.37. The third kappa shape index (κ3) is 1.19. The molecule has 0 aromatic rings. The van der Waals surface area contributed by atoms with Crippen LogP contribution in [0.15, 0.2) is 0 Å². The van der Waals surface area contributed by atoms with Crippen molar-refractivity contribution in [2.45, 2.75) is 18.9 Å². The maximum atomic E-state index is 9.12. The summed E-state index contributed by atoms with van der Waals surface area (Å²) in [4.78, 5) is 0. The van der Waals surface area contributed by atoms with Gasteiger partial charge in [-0.2, -0.15) is 11.8 Å². The van der Waals surface area contributed by atoms with E-state index in [-0.39, 0.29) is 0 Å². The zero-order valence-corrected chi connectivity index (χ0v) is 7.49. The van der Waals surface area contributed by atoms with Crippen LogP contribution in [0.25, 0.3) is 0 Å². The number of hydrogen-bond donors (Lipinski definition) is 2. The average Bonchev–Trinajstić information content (AvgIpc) is 2.62. The van der Waals surface area contributed by atoms with E-state index in [1.54, 1.807) is 0 Å². The molecule has 2 unspecified atom stereocenters. The molecule has 2 rings (SSSR count). The highest BCUT2D eigenvalue weighted by Gasteiger charge is 2.44. The molecular formula is C8H15NOS. The molecule has 2 aliphatic heterocycles. The maximum Gasteiger partial charge on any atom is 0.0590 e. The number of hydrogen-bond acceptors (Lipinski definition) is 3. The van der Waals surface area contributed by atoms with Gasteiger partial charge in [-0.3, -0.25) is 0 Å². The van der Waals surface area contributed by atoms with Crippen molar-refractivity contribution in [3.63, 3.8) is 0 Å². The van der Waals surface area contributed by atoms with E-state index in [1.807, 2.05) is 11.8 Å². The Morgan fingerprint density at radius 1 is 1.55 bits per heavy atom. The topological polar surface area (TPSA) is 32.3 Å². The summed E-state index contributed by atoms with van der Waals surface area (Å²) < 4.78 is 0. The molecule has 0 saturated carbocycles. The minimum atomic E-state index is 0.320. The zero-order chi connectivity index (χ0) is 7.73. The predicted octanol–water partition coefficient (Wildman–Crippen LogP) is 0.464. The summed E-state index contributed by atoms with van der Waals surface area (Å²) in [6, 6.07) is 0.387. The summed E-state index contributed by atoms with van der Waals surface area (Å²) in [5.74, 6) is 2.55. The van der Waals surface area contributed by atoms with Gasteiger partial charge >= 0.3 is 0 Å². The molecule has 2 saturated heterocycles. The highest BCUT2D eigenvalue weighted by Crippen LogP contribution is 2.44. The quantitative estimate of drug-likeness (QED) is 0.604. The van der Waals surface area contributed by atoms with E-state index >= 15 is 0 Å². The molecule has 64 valence electrons. The third-order valence-electron chi connectivity index (χ3n) is 3.07. The summed E-state index contributed by atoms with van der Waals surface area (Å²) in [7, 11) is 0. The van der Waals surface area contributed by atoms with E-state index in [4.69, 9.17) is 5.11 Å². The highest BCUT2D eigenvalue weighted by molar-refractivity contribution is 7.99. The lowest BCUT2D eigenvalue weighted by atomic mass is 9.80. The van der Waals surface area contributed by atoms with Crippen molar-refractivity contribution >= 4 is 11.8 Å². The number of aliphatic hydroxyl groups is 1. The SMILES string of the molecule is OCC1NCCC12CCSC2. The number of aliphatic hydroxyl groups excluding tert-OH is 1. The van der Waals surface area contributed by atoms with Crippen molar-refractivity contribution in [3.8, 4) is 0 Å². The van der Waals surface area contributed by atoms with Crippen molar-refractivity contribution in [2.24, 2.45) is 5.41 Å². The minimum Gasteiger partial charge on any atom is -0.395 e. The smallest absolute Gasteiger partial charge is 0.0590 e. The Morgan fingerprint density at radius 2 is 2.45 bits per heavy atom. The van der Waals surface area contributed by atoms with Crippen LogP contribution >= 0.6 is 11.8 Å². The fourth-order valence-corrected chi connectivity index (χ4v) is 3.83. The van der Waals surface area contributed by atoms with E-state index in [9.17, 15) is 0 Å². The van der Waals surface area contributed by atoms with E-state index < -0.39 is 0 Å². The van der Waals surface area contributed by atoms with Crippen LogP contribution < -0.4 is 5.32 Å². The third-order valence-corrected chi connectivity index (χ3v) is 4.34. The zero-order valence-electron chi connectivity index (χ0n) is 6.68. The average molecular weight is 173 g/mol. The van der Waals surface area contributed by atoms with Crippen LogP contribution in [-0.2, 0) is 0 Å². The van der Waals surface area contributed by atoms with E-state index in [1.165, 1.54) is 24.3 Å². The van der Waals surface area contributed by atoms with E-state index in [2.05, 4.69) is 5.32 Å². The van der Waals surface area contributed by atoms with Crippen LogP contribution in [-0.4, -0.2) is 35.8 Å². The molecular weight excluding hydrogens is 158 g/mol. The van der Waals surface area contributed by atoms with E-state index in [0.29, 0.717) is 18.1 Å². The molecule has 2 nitrogen and oxygen atoms in total. The van der Waals surface area contributed by atoms with Crippen LogP contribution in [0.3, 0.4) is 0 Å². The maximum absolute atomic E-state index is 9.12. The molecule has 2 N–H and O–H groups in total. The van der Waals surface area contributed by atoms with Gasteiger partial charge in [0.2, 0.25) is 0 Å². The summed E-state index contributed by atoms with van der Waals surface area (Å²) >= 11 is 2.04. The Hall–Kier alpha value is 0.270. The second kappa shape index (κ2) is 2.96. The summed E-state index contributed by atoms with van der Waals surface area (Å²) in [5.41, 5.74) is 0.458. The summed E-state index contributed by atoms with van der Waals surface area (Å²) in [6.45, 7) is 1.42. The molecule has 2 fully saturated rings. The lowest BCUT2D eigenvalue weighted by Crippen LogP contribution is -2.39. The van der Waals surface area contributed by atoms with Crippen LogP contribution in [0.4, 0.5) is 0 Å². The molecule has 2 heterocycles. The van der Waals surface area contributed by atoms with Crippen molar-refractivity contribution in [2.75, 3.05) is 24.7 Å². The fraction of sp³-hybridized carbons (Fsp3) is 1.00. The summed E-state index contributed by atoms with van der Waals surface area (Å²) in [6.07, 6.45) is 2.57. The van der Waals surface area contributed by atoms with Crippen molar-refractivity contribution < 1.29 is 5.11 Å². The first-order valence-electron chi connectivity index (χ1n) is 4.29. The fourth-order valence-electron chi connectivity index (χ4n) is 2.24. The number of rotatable bonds is 1. The van der Waals surface area contributed by atoms with Crippen molar-refractivity contribution in [1.82, 2.24) is 5.32 Å². The number of nitrogens with one attached hydrogen (secondary N) is 1. The standard InChI is InChI=1S/C8H15NOS/c10-5-7-8(1-3-9-7)2-4-11-6-8/h7,9-10H,1-6H2. The van der Waals surface area contributed by atoms with Crippen LogP contribution in [0.5, 0.6) is 0 Å². The van der Waals surface area contributed by atoms with Gasteiger partial charge in [-0.15, -0.1) is 0 Å². The van der Waals surface area contributed by atoms with Gasteiger partial charge in [0.1, 0.15) is 0 Å². The van der Waals surface area contributed by atoms with Crippen LogP contribution in [0.2, 0.25) is 0 Å². The molecule has 0 bridgehead atoms. The normalized spacial score (nSPS) is 43.9. The van der Waals surface area contributed by atoms with Crippen LogP contribution in [0, 0.1) is 5.41 Å². The van der Waals surface area contributed by atoms with Gasteiger partial charge < -0.3 is 10.4 Å². The monoisotopic (exact) mass is 173 g/mol. The summed E-state index contributed by atoms with van der Waals surface area (Å²) in [5, 5.41) is 12.5. The molecule has 0 amide bonds. The van der Waals surface area contributed by atoms with Crippen molar-refractivity contribution in [1.29, 1.82) is 0 Å². The Balaban J connectivity index is 2.09. The Labute approximate surface area is 71.7 Å². The number of thioether (sulfide) groups is 1. The Kier molecular flexibility index (Phi) is 2.12. The minimum absolute atomic E-state index is 0.320. The molecule has 0 aromatic carbocycles. The Morgan fingerprint density at radius 3 is 3.09 bits per heavy atom. The second-order valence-corrected chi connectivity index (χ2v) is 4.71. The molecule has 1 spiro atoms. The van der Waals surface area contributed by atoms with Crippen molar-refractivity contribution in [3.05, 3.63) is 0 Å². The molecule has 0 radical (unpaired) electrons. The highest BCUT2D eigenvalue weighted by atomic mass is 32.2. The predicted molar refractivity (Wildman–Crippen MR) is 47.9 cm³/mol. The molecule has 0 aromatic heterocycles. The molecule has 0 aliphatic carbocycles. The van der Waals surface area contributed by atoms with Gasteiger partial charge in [0.15, 0.2) is 0 Å². The molecule has 3 heteroatoms. The van der Waals surface area contributed by atoms with Crippen LogP contribution in [0.1, 0.15) is 12.8 Å². The van der Waals surface area contributed by atoms with Gasteiger partial charge in [-0.1, -0.05) is 0 Å². The lowest BCUT2D eigenvalue weighted by molar-refractivity contribution is 0.176. The Bertz CT molecular complexity index is 140. The first kappa shape index (κ1) is 7.90. The second-order valence-electron chi connectivity index (χ2n) is 3.60. The van der Waals surface area contributed by atoms with E-state index in [0.717, 1.165) is 6.54 Å². The van der Waals surface area contributed by atoms with Gasteiger partial charge in [-0.05, 0) is 30.6 Å². The first-order valence-corrected chi connectivity index (χ1v) is 5.45. The molecule has 2 atom stereocenters. The molecule has 11 heavy (non-hydrogen) atoms. The van der Waals surface area contributed by atoms with Gasteiger partial charge in [0, 0.05) is 11.8 Å². The lowest BCUT2D eigenvalue weighted by Gasteiger charge is -2.28. The largest absolute Gasteiger partial charge is 0.395 e. The van der Waals surface area contributed by atoms with Gasteiger partial charge in [0.25, 0.3) is 0 Å².